The minimum atomic E-state index is -0.318. The van der Waals surface area contributed by atoms with E-state index in [9.17, 15) is 9.59 Å². The number of anilines is 1. The molecule has 1 aromatic heterocycles. The molecule has 1 aliphatic heterocycles. The molecule has 2 amide bonds. The van der Waals surface area contributed by atoms with E-state index in [2.05, 4.69) is 48.7 Å². The van der Waals surface area contributed by atoms with Crippen LogP contribution in [0.2, 0.25) is 0 Å². The van der Waals surface area contributed by atoms with Crippen LogP contribution in [0.15, 0.2) is 91.1 Å². The molecule has 0 fully saturated rings. The third-order valence-corrected chi connectivity index (χ3v) is 7.44. The standard InChI is InChI=1S/C34H37N3O3/c1-5-6-22-40-28-19-17-27(18-20-28)34(39)36(24(2)3)23-32(38)37-30-11-8-7-10-29(30)35-21-9-12-31(35)33(37)26-15-13-25(4)14-16-26/h7-21,24,33H,5-6,22-23H2,1-4H3. The van der Waals surface area contributed by atoms with Gasteiger partial charge in [0.25, 0.3) is 5.91 Å². The Hall–Kier alpha value is -4.32. The van der Waals surface area contributed by atoms with Gasteiger partial charge in [0.1, 0.15) is 18.3 Å². The molecule has 6 heteroatoms. The van der Waals surface area contributed by atoms with Crippen molar-refractivity contribution in [1.82, 2.24) is 9.47 Å². The van der Waals surface area contributed by atoms with Crippen LogP contribution in [0.25, 0.3) is 5.69 Å². The van der Waals surface area contributed by atoms with Crippen molar-refractivity contribution in [3.63, 3.8) is 0 Å². The summed E-state index contributed by atoms with van der Waals surface area (Å²) in [5.74, 6) is 0.432. The van der Waals surface area contributed by atoms with Crippen LogP contribution in [-0.2, 0) is 4.79 Å². The quantitative estimate of drug-likeness (QED) is 0.218. The molecule has 0 spiro atoms. The molecule has 1 unspecified atom stereocenters. The number of hydrogen-bond acceptors (Lipinski definition) is 3. The number of para-hydroxylation sites is 2. The number of unbranched alkanes of at least 4 members (excludes halogenated alkanes) is 1. The number of aryl methyl sites for hydroxylation is 1. The molecule has 0 saturated heterocycles. The molecular formula is C34H37N3O3. The molecule has 206 valence electrons. The van der Waals surface area contributed by atoms with E-state index in [4.69, 9.17) is 4.74 Å². The van der Waals surface area contributed by atoms with Crippen LogP contribution in [0.5, 0.6) is 5.75 Å². The molecular weight excluding hydrogens is 498 g/mol. The number of fused-ring (bicyclic) bond motifs is 3. The molecule has 5 rings (SSSR count). The lowest BCUT2D eigenvalue weighted by molar-refractivity contribution is -0.120. The molecule has 3 aromatic carbocycles. The van der Waals surface area contributed by atoms with Crippen LogP contribution < -0.4 is 9.64 Å². The molecule has 0 saturated carbocycles. The maximum atomic E-state index is 14.3. The van der Waals surface area contributed by atoms with Crippen molar-refractivity contribution < 1.29 is 14.3 Å². The van der Waals surface area contributed by atoms with Gasteiger partial charge in [-0.1, -0.05) is 55.3 Å². The van der Waals surface area contributed by atoms with Gasteiger partial charge in [-0.15, -0.1) is 0 Å². The molecule has 1 atom stereocenters. The van der Waals surface area contributed by atoms with Crippen LogP contribution in [0, 0.1) is 6.92 Å². The van der Waals surface area contributed by atoms with Gasteiger partial charge < -0.3 is 14.2 Å². The van der Waals surface area contributed by atoms with Gasteiger partial charge in [-0.25, -0.2) is 0 Å². The highest BCUT2D eigenvalue weighted by atomic mass is 16.5. The second-order valence-corrected chi connectivity index (χ2v) is 10.6. The fraction of sp³-hybridized carbons (Fsp3) is 0.294. The van der Waals surface area contributed by atoms with Crippen LogP contribution in [0.4, 0.5) is 5.69 Å². The van der Waals surface area contributed by atoms with Crippen LogP contribution in [0.1, 0.15) is 66.8 Å². The van der Waals surface area contributed by atoms with Gasteiger partial charge in [-0.2, -0.15) is 0 Å². The lowest BCUT2D eigenvalue weighted by Crippen LogP contribution is -2.48. The Morgan fingerprint density at radius 1 is 0.900 bits per heavy atom. The third-order valence-electron chi connectivity index (χ3n) is 7.44. The maximum absolute atomic E-state index is 14.3. The number of rotatable bonds is 9. The number of nitrogens with zero attached hydrogens (tertiary/aromatic N) is 3. The van der Waals surface area contributed by atoms with Gasteiger partial charge in [0.15, 0.2) is 0 Å². The summed E-state index contributed by atoms with van der Waals surface area (Å²) in [5, 5.41) is 0. The van der Waals surface area contributed by atoms with Crippen molar-refractivity contribution in [2.24, 2.45) is 0 Å². The van der Waals surface area contributed by atoms with E-state index in [1.807, 2.05) is 67.4 Å². The van der Waals surface area contributed by atoms with Crippen molar-refractivity contribution in [2.45, 2.75) is 52.6 Å². The van der Waals surface area contributed by atoms with E-state index in [-0.39, 0.29) is 30.4 Å². The first-order valence-electron chi connectivity index (χ1n) is 14.1. The van der Waals surface area contributed by atoms with Gasteiger partial charge in [-0.05, 0) is 81.3 Å². The lowest BCUT2D eigenvalue weighted by Gasteiger charge is -2.40. The second-order valence-electron chi connectivity index (χ2n) is 10.6. The summed E-state index contributed by atoms with van der Waals surface area (Å²) >= 11 is 0. The van der Waals surface area contributed by atoms with Crippen LogP contribution >= 0.6 is 0 Å². The van der Waals surface area contributed by atoms with Crippen molar-refractivity contribution in [2.75, 3.05) is 18.1 Å². The van der Waals surface area contributed by atoms with Crippen LogP contribution in [-0.4, -0.2) is 40.5 Å². The minimum Gasteiger partial charge on any atom is -0.494 e. The molecule has 1 aliphatic rings. The zero-order valence-corrected chi connectivity index (χ0v) is 23.7. The maximum Gasteiger partial charge on any atom is 0.254 e. The Bertz CT molecular complexity index is 1470. The molecule has 0 bridgehead atoms. The Balaban J connectivity index is 1.46. The summed E-state index contributed by atoms with van der Waals surface area (Å²) in [6.45, 7) is 8.68. The number of ether oxygens (including phenoxy) is 1. The van der Waals surface area contributed by atoms with E-state index in [1.165, 1.54) is 0 Å². The molecule has 0 N–H and O–H groups in total. The molecule has 0 aliphatic carbocycles. The van der Waals surface area contributed by atoms with Gasteiger partial charge in [0.2, 0.25) is 5.91 Å². The average Bonchev–Trinajstić information content (AvgIpc) is 3.46. The minimum absolute atomic E-state index is 0.0390. The van der Waals surface area contributed by atoms with E-state index in [1.54, 1.807) is 17.0 Å². The summed E-state index contributed by atoms with van der Waals surface area (Å²) in [5.41, 5.74) is 5.50. The van der Waals surface area contributed by atoms with Crippen LogP contribution in [0.3, 0.4) is 0 Å². The fourth-order valence-electron chi connectivity index (χ4n) is 5.23. The van der Waals surface area contributed by atoms with E-state index >= 15 is 0 Å². The van der Waals surface area contributed by atoms with E-state index in [0.29, 0.717) is 12.2 Å². The Morgan fingerprint density at radius 2 is 1.60 bits per heavy atom. The number of benzene rings is 3. The number of carbonyl (C=O) groups excluding carboxylic acids is 2. The van der Waals surface area contributed by atoms with E-state index in [0.717, 1.165) is 46.8 Å². The molecule has 40 heavy (non-hydrogen) atoms. The SMILES string of the molecule is CCCCOc1ccc(C(=O)N(CC(=O)N2c3ccccc3-n3cccc3C2c2ccc(C)cc2)C(C)C)cc1. The zero-order valence-electron chi connectivity index (χ0n) is 23.7. The highest BCUT2D eigenvalue weighted by Gasteiger charge is 2.37. The summed E-state index contributed by atoms with van der Waals surface area (Å²) in [6, 6.07) is 27.1. The largest absolute Gasteiger partial charge is 0.494 e. The molecule has 0 radical (unpaired) electrons. The number of amides is 2. The number of hydrogen-bond donors (Lipinski definition) is 0. The molecule has 4 aromatic rings. The highest BCUT2D eigenvalue weighted by molar-refractivity contribution is 6.02. The van der Waals surface area contributed by atoms with Crippen molar-refractivity contribution in [3.8, 4) is 11.4 Å². The average molecular weight is 536 g/mol. The van der Waals surface area contributed by atoms with Gasteiger partial charge in [0.05, 0.1) is 23.7 Å². The number of carbonyl (C=O) groups is 2. The lowest BCUT2D eigenvalue weighted by atomic mass is 9.97. The van der Waals surface area contributed by atoms with E-state index < -0.39 is 0 Å². The van der Waals surface area contributed by atoms with Gasteiger partial charge >= 0.3 is 0 Å². The van der Waals surface area contributed by atoms with Gasteiger partial charge in [0, 0.05) is 17.8 Å². The first kappa shape index (κ1) is 27.3. The zero-order chi connectivity index (χ0) is 28.2. The first-order chi connectivity index (χ1) is 19.4. The fourth-order valence-corrected chi connectivity index (χ4v) is 5.23. The highest BCUT2D eigenvalue weighted by Crippen LogP contribution is 2.42. The normalized spacial score (nSPS) is 14.0. The van der Waals surface area contributed by atoms with Crippen molar-refractivity contribution in [1.29, 1.82) is 0 Å². The summed E-state index contributed by atoms with van der Waals surface area (Å²) < 4.78 is 7.91. The topological polar surface area (TPSA) is 54.8 Å². The number of aromatic nitrogens is 1. The predicted molar refractivity (Wildman–Crippen MR) is 159 cm³/mol. The predicted octanol–water partition coefficient (Wildman–Crippen LogP) is 6.95. The molecule has 6 nitrogen and oxygen atoms in total. The monoisotopic (exact) mass is 535 g/mol. The summed E-state index contributed by atoms with van der Waals surface area (Å²) in [7, 11) is 0. The van der Waals surface area contributed by atoms with Crippen molar-refractivity contribution >= 4 is 17.5 Å². The third kappa shape index (κ3) is 5.39. The Morgan fingerprint density at radius 3 is 2.27 bits per heavy atom. The smallest absolute Gasteiger partial charge is 0.254 e. The Kier molecular flexibility index (Phi) is 8.06. The summed E-state index contributed by atoms with van der Waals surface area (Å²) in [4.78, 5) is 31.5. The Labute approximate surface area is 236 Å². The first-order valence-corrected chi connectivity index (χ1v) is 14.1. The summed E-state index contributed by atoms with van der Waals surface area (Å²) in [6.07, 6.45) is 4.08. The second kappa shape index (κ2) is 11.8. The molecule has 2 heterocycles. The van der Waals surface area contributed by atoms with Gasteiger partial charge in [-0.3, -0.25) is 14.5 Å². The van der Waals surface area contributed by atoms with Crippen molar-refractivity contribution in [3.05, 3.63) is 114 Å².